The van der Waals surface area contributed by atoms with E-state index in [1.54, 1.807) is 33.7 Å². The number of hydrogen-bond acceptors (Lipinski definition) is 8. The minimum Gasteiger partial charge on any atom is -0.381 e. The molecule has 0 atom stereocenters. The number of nitrogens with zero attached hydrogens (tertiary/aromatic N) is 6. The molecule has 1 aliphatic heterocycles. The molecular weight excluding hydrogens is 410 g/mol. The van der Waals surface area contributed by atoms with Gasteiger partial charge in [0.2, 0.25) is 5.95 Å². The number of ether oxygens (including phenoxy) is 1. The van der Waals surface area contributed by atoms with Crippen LogP contribution in [0.5, 0.6) is 0 Å². The molecule has 0 aliphatic carbocycles. The Balaban J connectivity index is 1.71. The third kappa shape index (κ3) is 3.49. The molecule has 32 heavy (non-hydrogen) atoms. The molecule has 3 aromatic heterocycles. The second-order valence-corrected chi connectivity index (χ2v) is 7.71. The zero-order valence-corrected chi connectivity index (χ0v) is 17.4. The predicted molar refractivity (Wildman–Crippen MR) is 119 cm³/mol. The topological polar surface area (TPSA) is 152 Å². The summed E-state index contributed by atoms with van der Waals surface area (Å²) < 4.78 is 8.91. The van der Waals surface area contributed by atoms with Crippen LogP contribution in [0.3, 0.4) is 0 Å². The van der Waals surface area contributed by atoms with Gasteiger partial charge in [-0.15, -0.1) is 0 Å². The number of fused-ring (bicyclic) bond motifs is 2. The molecule has 11 nitrogen and oxygen atoms in total. The van der Waals surface area contributed by atoms with Crippen molar-refractivity contribution in [3.05, 3.63) is 40.6 Å². The summed E-state index contributed by atoms with van der Waals surface area (Å²) in [5.41, 5.74) is 8.46. The van der Waals surface area contributed by atoms with Gasteiger partial charge in [-0.3, -0.25) is 9.13 Å². The fourth-order valence-electron chi connectivity index (χ4n) is 4.05. The molecule has 4 aromatic rings. The highest BCUT2D eigenvalue weighted by Gasteiger charge is 2.24. The van der Waals surface area contributed by atoms with E-state index in [-0.39, 0.29) is 11.7 Å². The molecule has 1 aliphatic rings. The summed E-state index contributed by atoms with van der Waals surface area (Å²) in [5, 5.41) is 12.6. The fraction of sp³-hybridized carbons (Fsp3) is 0.381. The van der Waals surface area contributed by atoms with E-state index in [0.717, 1.165) is 24.8 Å². The smallest absolute Gasteiger partial charge is 0.328 e. The first kappa shape index (κ1) is 20.2. The van der Waals surface area contributed by atoms with Crippen LogP contribution in [-0.2, 0) is 4.74 Å². The van der Waals surface area contributed by atoms with Gasteiger partial charge in [0.05, 0.1) is 22.7 Å². The van der Waals surface area contributed by atoms with Crippen LogP contribution in [0.25, 0.3) is 28.1 Å². The average molecular weight is 433 g/mol. The lowest BCUT2D eigenvalue weighted by molar-refractivity contribution is 0.0697. The van der Waals surface area contributed by atoms with Crippen molar-refractivity contribution in [2.45, 2.75) is 25.3 Å². The second kappa shape index (κ2) is 8.41. The van der Waals surface area contributed by atoms with Crippen LogP contribution in [0.2, 0.25) is 0 Å². The van der Waals surface area contributed by atoms with Gasteiger partial charge in [-0.25, -0.2) is 9.78 Å². The van der Waals surface area contributed by atoms with Crippen molar-refractivity contribution in [2.75, 3.05) is 31.6 Å². The molecular formula is C21H23N9O2. The Bertz CT molecular complexity index is 1370. The normalized spacial score (nSPS) is 14.8. The number of H-pyrrole nitrogens is 1. The lowest BCUT2D eigenvalue weighted by Gasteiger charge is -2.23. The summed E-state index contributed by atoms with van der Waals surface area (Å²) in [5.74, 6) is 0.893. The van der Waals surface area contributed by atoms with Crippen molar-refractivity contribution in [1.82, 2.24) is 29.1 Å². The van der Waals surface area contributed by atoms with Crippen LogP contribution >= 0.6 is 0 Å². The Morgan fingerprint density at radius 1 is 1.31 bits per heavy atom. The predicted octanol–water partition coefficient (Wildman–Crippen LogP) is 1.44. The lowest BCUT2D eigenvalue weighted by Crippen LogP contribution is -2.27. The van der Waals surface area contributed by atoms with Crippen LogP contribution < -0.4 is 16.7 Å². The molecule has 0 saturated carbocycles. The Labute approximate surface area is 182 Å². The van der Waals surface area contributed by atoms with E-state index in [9.17, 15) is 10.1 Å². The van der Waals surface area contributed by atoms with Gasteiger partial charge in [-0.05, 0) is 44.0 Å². The van der Waals surface area contributed by atoms with Gasteiger partial charge in [-0.1, -0.05) is 0 Å². The van der Waals surface area contributed by atoms with Gasteiger partial charge in [0, 0.05) is 25.8 Å². The van der Waals surface area contributed by atoms with Crippen LogP contribution in [-0.4, -0.2) is 55.4 Å². The average Bonchev–Trinajstić information content (AvgIpc) is 3.39. The SMILES string of the molecule is N#Cc1ccc2ncn(-c3nc(NCCCN)c4[nH]c(=O)n(C5CCOCC5)c4n3)c2c1. The third-order valence-corrected chi connectivity index (χ3v) is 5.68. The quantitative estimate of drug-likeness (QED) is 0.386. The number of nitrogens with one attached hydrogen (secondary N) is 2. The minimum absolute atomic E-state index is 0.00522. The van der Waals surface area contributed by atoms with Gasteiger partial charge in [0.25, 0.3) is 0 Å². The molecule has 4 N–H and O–H groups in total. The fourth-order valence-corrected chi connectivity index (χ4v) is 4.05. The molecule has 11 heteroatoms. The Kier molecular flexibility index (Phi) is 5.30. The Morgan fingerprint density at radius 2 is 2.16 bits per heavy atom. The summed E-state index contributed by atoms with van der Waals surface area (Å²) in [7, 11) is 0. The molecule has 164 valence electrons. The zero-order chi connectivity index (χ0) is 22.1. The molecule has 4 heterocycles. The highest BCUT2D eigenvalue weighted by atomic mass is 16.5. The number of nitriles is 1. The third-order valence-electron chi connectivity index (χ3n) is 5.68. The first-order chi connectivity index (χ1) is 15.7. The summed E-state index contributed by atoms with van der Waals surface area (Å²) in [6.45, 7) is 2.35. The second-order valence-electron chi connectivity index (χ2n) is 7.71. The number of imidazole rings is 2. The first-order valence-electron chi connectivity index (χ1n) is 10.6. The van der Waals surface area contributed by atoms with E-state index >= 15 is 0 Å². The maximum atomic E-state index is 12.9. The first-order valence-corrected chi connectivity index (χ1v) is 10.6. The summed E-state index contributed by atoms with van der Waals surface area (Å²) >= 11 is 0. The standard InChI is InChI=1S/C21H23N9O2/c22-6-1-7-24-18-17-19(30(21(31)26-17)14-4-8-32-9-5-14)28-20(27-18)29-12-25-15-3-2-13(11-23)10-16(15)29/h2-3,10,12,14H,1,4-9,22H2,(H,26,31)(H,24,27,28). The molecule has 5 rings (SSSR count). The molecule has 1 aromatic carbocycles. The molecule has 0 spiro atoms. The van der Waals surface area contributed by atoms with Crippen molar-refractivity contribution in [3.63, 3.8) is 0 Å². The Morgan fingerprint density at radius 3 is 2.94 bits per heavy atom. The van der Waals surface area contributed by atoms with Crippen LogP contribution in [0, 0.1) is 11.3 Å². The van der Waals surface area contributed by atoms with E-state index in [4.69, 9.17) is 15.5 Å². The number of aromatic nitrogens is 6. The molecule has 0 radical (unpaired) electrons. The molecule has 0 amide bonds. The zero-order valence-electron chi connectivity index (χ0n) is 17.4. The number of anilines is 1. The summed E-state index contributed by atoms with van der Waals surface area (Å²) in [6.07, 6.45) is 3.86. The van der Waals surface area contributed by atoms with E-state index in [1.165, 1.54) is 0 Å². The van der Waals surface area contributed by atoms with Crippen molar-refractivity contribution in [3.8, 4) is 12.0 Å². The van der Waals surface area contributed by atoms with Crippen molar-refractivity contribution in [1.29, 1.82) is 5.26 Å². The van der Waals surface area contributed by atoms with E-state index in [1.807, 2.05) is 0 Å². The largest absolute Gasteiger partial charge is 0.381 e. The lowest BCUT2D eigenvalue weighted by atomic mass is 10.1. The minimum atomic E-state index is -0.220. The molecule has 0 bridgehead atoms. The van der Waals surface area contributed by atoms with E-state index < -0.39 is 0 Å². The van der Waals surface area contributed by atoms with Crippen LogP contribution in [0.4, 0.5) is 5.82 Å². The molecule has 0 unspecified atom stereocenters. The maximum absolute atomic E-state index is 12.9. The van der Waals surface area contributed by atoms with Gasteiger partial charge in [-0.2, -0.15) is 15.2 Å². The van der Waals surface area contributed by atoms with Gasteiger partial charge in [0.15, 0.2) is 11.5 Å². The monoisotopic (exact) mass is 433 g/mol. The van der Waals surface area contributed by atoms with Crippen molar-refractivity contribution >= 4 is 28.0 Å². The van der Waals surface area contributed by atoms with Crippen LogP contribution in [0.15, 0.2) is 29.3 Å². The number of benzene rings is 1. The summed E-state index contributed by atoms with van der Waals surface area (Å²) in [4.78, 5) is 29.7. The van der Waals surface area contributed by atoms with Gasteiger partial charge < -0.3 is 20.8 Å². The van der Waals surface area contributed by atoms with Crippen molar-refractivity contribution in [2.24, 2.45) is 5.73 Å². The Hall–Kier alpha value is -3.75. The number of rotatable bonds is 6. The van der Waals surface area contributed by atoms with E-state index in [0.29, 0.717) is 60.3 Å². The number of nitrogens with two attached hydrogens (primary N) is 1. The molecule has 1 saturated heterocycles. The van der Waals surface area contributed by atoms with Crippen LogP contribution in [0.1, 0.15) is 30.9 Å². The van der Waals surface area contributed by atoms with Gasteiger partial charge >= 0.3 is 5.69 Å². The highest BCUT2D eigenvalue weighted by molar-refractivity contribution is 5.85. The number of hydrogen-bond donors (Lipinski definition) is 3. The van der Waals surface area contributed by atoms with Gasteiger partial charge in [0.1, 0.15) is 11.8 Å². The molecule has 1 fully saturated rings. The highest BCUT2D eigenvalue weighted by Crippen LogP contribution is 2.27. The maximum Gasteiger partial charge on any atom is 0.328 e. The number of aromatic amines is 1. The van der Waals surface area contributed by atoms with Crippen molar-refractivity contribution < 1.29 is 4.74 Å². The van der Waals surface area contributed by atoms with E-state index in [2.05, 4.69) is 26.3 Å². The summed E-state index contributed by atoms with van der Waals surface area (Å²) in [6, 6.07) is 7.40.